The number of carbonyl (C=O) groups excluding carboxylic acids is 2. The summed E-state index contributed by atoms with van der Waals surface area (Å²) < 4.78 is 19.9. The molecule has 2 heterocycles. The number of benzene rings is 1. The van der Waals surface area contributed by atoms with Crippen molar-refractivity contribution in [2.45, 2.75) is 13.3 Å². The molecule has 0 radical (unpaired) electrons. The van der Waals surface area contributed by atoms with Crippen molar-refractivity contribution in [2.75, 3.05) is 33.9 Å². The van der Waals surface area contributed by atoms with Gasteiger partial charge in [0.2, 0.25) is 5.91 Å². The monoisotopic (exact) mass is 418 g/mol. The largest absolute Gasteiger partial charge is 0.385 e. The predicted octanol–water partition coefficient (Wildman–Crippen LogP) is 2.76. The molecule has 29 heavy (non-hydrogen) atoms. The minimum absolute atomic E-state index is 0.0247. The first-order chi connectivity index (χ1) is 13.9. The van der Waals surface area contributed by atoms with Crippen molar-refractivity contribution < 1.29 is 18.7 Å². The molecule has 1 N–H and O–H groups in total. The molecule has 0 saturated carbocycles. The molecular weight excluding hydrogens is 395 g/mol. The Morgan fingerprint density at radius 3 is 2.72 bits per heavy atom. The van der Waals surface area contributed by atoms with Crippen molar-refractivity contribution >= 4 is 33.4 Å². The van der Waals surface area contributed by atoms with Crippen LogP contribution in [0.5, 0.6) is 0 Å². The van der Waals surface area contributed by atoms with Crippen LogP contribution in [0.25, 0.3) is 15.9 Å². The number of carbonyl (C=O) groups is 2. The quantitative estimate of drug-likeness (QED) is 0.571. The Balaban J connectivity index is 1.74. The predicted molar refractivity (Wildman–Crippen MR) is 110 cm³/mol. The third kappa shape index (κ3) is 4.80. The summed E-state index contributed by atoms with van der Waals surface area (Å²) in [5.41, 5.74) is 1.49. The smallest absolute Gasteiger partial charge is 0.264 e. The molecule has 154 valence electrons. The molecule has 2 aromatic heterocycles. The summed E-state index contributed by atoms with van der Waals surface area (Å²) in [5.74, 6) is -0.770. The molecule has 7 nitrogen and oxygen atoms in total. The van der Waals surface area contributed by atoms with Crippen molar-refractivity contribution in [1.29, 1.82) is 0 Å². The van der Waals surface area contributed by atoms with Gasteiger partial charge in [0.25, 0.3) is 5.91 Å². The van der Waals surface area contributed by atoms with E-state index in [-0.39, 0.29) is 24.2 Å². The molecule has 0 fully saturated rings. The van der Waals surface area contributed by atoms with Gasteiger partial charge in [0.1, 0.15) is 10.6 Å². The van der Waals surface area contributed by atoms with E-state index < -0.39 is 0 Å². The molecule has 0 aliphatic rings. The molecule has 9 heteroatoms. The van der Waals surface area contributed by atoms with E-state index in [4.69, 9.17) is 4.74 Å². The number of thiophene rings is 1. The van der Waals surface area contributed by atoms with Gasteiger partial charge in [0, 0.05) is 32.7 Å². The van der Waals surface area contributed by atoms with E-state index in [9.17, 15) is 14.0 Å². The lowest BCUT2D eigenvalue weighted by Gasteiger charge is -2.15. The molecular formula is C20H23FN4O3S. The second-order valence-electron chi connectivity index (χ2n) is 6.66. The molecule has 0 aliphatic carbocycles. The third-order valence-electron chi connectivity index (χ3n) is 4.40. The van der Waals surface area contributed by atoms with Gasteiger partial charge in [0.05, 0.1) is 22.8 Å². The number of aromatic nitrogens is 2. The highest BCUT2D eigenvalue weighted by atomic mass is 32.1. The third-order valence-corrected chi connectivity index (χ3v) is 5.50. The van der Waals surface area contributed by atoms with Gasteiger partial charge in [0.15, 0.2) is 0 Å². The summed E-state index contributed by atoms with van der Waals surface area (Å²) in [6.45, 7) is 2.91. The van der Waals surface area contributed by atoms with E-state index in [1.165, 1.54) is 28.4 Å². The fraction of sp³-hybridized carbons (Fsp3) is 0.350. The molecule has 3 aromatic rings. The Morgan fingerprint density at radius 1 is 1.31 bits per heavy atom. The number of fused-ring (bicyclic) bond motifs is 1. The zero-order valence-corrected chi connectivity index (χ0v) is 17.4. The molecule has 0 unspecified atom stereocenters. The lowest BCUT2D eigenvalue weighted by atomic mass is 10.3. The van der Waals surface area contributed by atoms with Crippen LogP contribution in [0.3, 0.4) is 0 Å². The molecule has 1 aromatic carbocycles. The Kier molecular flexibility index (Phi) is 6.60. The van der Waals surface area contributed by atoms with Gasteiger partial charge >= 0.3 is 0 Å². The highest BCUT2D eigenvalue weighted by Gasteiger charge is 2.21. The summed E-state index contributed by atoms with van der Waals surface area (Å²) in [6.07, 6.45) is 0.718. The Labute approximate surface area is 172 Å². The van der Waals surface area contributed by atoms with Crippen LogP contribution in [0, 0.1) is 12.7 Å². The summed E-state index contributed by atoms with van der Waals surface area (Å²) in [4.78, 5) is 27.5. The maximum atomic E-state index is 13.2. The summed E-state index contributed by atoms with van der Waals surface area (Å²) in [6, 6.07) is 7.82. The highest BCUT2D eigenvalue weighted by Crippen LogP contribution is 2.31. The van der Waals surface area contributed by atoms with Crippen LogP contribution in [0.4, 0.5) is 4.39 Å². The number of rotatable bonds is 8. The Morgan fingerprint density at radius 2 is 2.03 bits per heavy atom. The first-order valence-electron chi connectivity index (χ1n) is 9.17. The second-order valence-corrected chi connectivity index (χ2v) is 7.69. The van der Waals surface area contributed by atoms with E-state index in [1.807, 2.05) is 6.92 Å². The zero-order chi connectivity index (χ0) is 21.0. The molecule has 0 bridgehead atoms. The fourth-order valence-corrected chi connectivity index (χ4v) is 4.06. The van der Waals surface area contributed by atoms with Gasteiger partial charge in [-0.25, -0.2) is 9.07 Å². The first kappa shape index (κ1) is 20.9. The van der Waals surface area contributed by atoms with Gasteiger partial charge in [-0.3, -0.25) is 9.59 Å². The van der Waals surface area contributed by atoms with Crippen LogP contribution in [0.15, 0.2) is 30.3 Å². The SMILES string of the molecule is COCCCNC(=O)CN(C)C(=O)c1cc2c(C)nn(-c3ccc(F)cc3)c2s1. The van der Waals surface area contributed by atoms with Crippen molar-refractivity contribution in [3.8, 4) is 5.69 Å². The van der Waals surface area contributed by atoms with Gasteiger partial charge in [-0.15, -0.1) is 11.3 Å². The summed E-state index contributed by atoms with van der Waals surface area (Å²) in [7, 11) is 3.21. The molecule has 2 amide bonds. The Bertz CT molecular complexity index is 1010. The number of likely N-dealkylation sites (N-methyl/N-ethyl adjacent to an activating group) is 1. The van der Waals surface area contributed by atoms with Crippen LogP contribution < -0.4 is 5.32 Å². The Hall–Kier alpha value is -2.78. The number of nitrogens with zero attached hydrogens (tertiary/aromatic N) is 3. The number of ether oxygens (including phenoxy) is 1. The minimum Gasteiger partial charge on any atom is -0.385 e. The van der Waals surface area contributed by atoms with Gasteiger partial charge in [-0.1, -0.05) is 0 Å². The standard InChI is InChI=1S/C20H23FN4O3S/c1-13-16-11-17(19(27)24(2)12-18(26)22-9-4-10-28-3)29-20(16)25(23-13)15-7-5-14(21)6-8-15/h5-8,11H,4,9-10,12H2,1-3H3,(H,22,26). The molecule has 0 aliphatic heterocycles. The number of methoxy groups -OCH3 is 1. The van der Waals surface area contributed by atoms with Gasteiger partial charge in [-0.05, 0) is 43.7 Å². The average Bonchev–Trinajstić information content (AvgIpc) is 3.26. The van der Waals surface area contributed by atoms with E-state index >= 15 is 0 Å². The summed E-state index contributed by atoms with van der Waals surface area (Å²) in [5, 5.41) is 8.13. The normalized spacial score (nSPS) is 11.0. The van der Waals surface area contributed by atoms with Gasteiger partial charge < -0.3 is 15.0 Å². The van der Waals surface area contributed by atoms with Crippen LogP contribution in [0.1, 0.15) is 21.8 Å². The lowest BCUT2D eigenvalue weighted by Crippen LogP contribution is -2.38. The number of hydrogen-bond donors (Lipinski definition) is 1. The van der Waals surface area contributed by atoms with Crippen molar-refractivity contribution in [3.05, 3.63) is 46.7 Å². The van der Waals surface area contributed by atoms with E-state index in [2.05, 4.69) is 10.4 Å². The molecule has 3 rings (SSSR count). The zero-order valence-electron chi connectivity index (χ0n) is 16.6. The van der Waals surface area contributed by atoms with E-state index in [0.717, 1.165) is 22.3 Å². The van der Waals surface area contributed by atoms with E-state index in [1.54, 1.807) is 37.0 Å². The second kappa shape index (κ2) is 9.15. The number of hydrogen-bond acceptors (Lipinski definition) is 5. The molecule has 0 saturated heterocycles. The minimum atomic E-state index is -0.321. The van der Waals surface area contributed by atoms with Gasteiger partial charge in [-0.2, -0.15) is 5.10 Å². The number of halogens is 1. The maximum Gasteiger partial charge on any atom is 0.264 e. The number of amides is 2. The summed E-state index contributed by atoms with van der Waals surface area (Å²) >= 11 is 1.30. The fourth-order valence-electron chi connectivity index (χ4n) is 2.89. The van der Waals surface area contributed by atoms with E-state index in [0.29, 0.717) is 23.7 Å². The molecule has 0 atom stereocenters. The van der Waals surface area contributed by atoms with Crippen LogP contribution in [-0.2, 0) is 9.53 Å². The van der Waals surface area contributed by atoms with Crippen LogP contribution >= 0.6 is 11.3 Å². The van der Waals surface area contributed by atoms with Crippen LogP contribution in [-0.4, -0.2) is 60.3 Å². The highest BCUT2D eigenvalue weighted by molar-refractivity contribution is 7.20. The lowest BCUT2D eigenvalue weighted by molar-refractivity contribution is -0.121. The van der Waals surface area contributed by atoms with Crippen molar-refractivity contribution in [1.82, 2.24) is 20.0 Å². The van der Waals surface area contributed by atoms with Crippen molar-refractivity contribution in [3.63, 3.8) is 0 Å². The van der Waals surface area contributed by atoms with Crippen molar-refractivity contribution in [2.24, 2.45) is 0 Å². The number of aryl methyl sites for hydroxylation is 1. The molecule has 0 spiro atoms. The number of nitrogens with one attached hydrogen (secondary N) is 1. The average molecular weight is 418 g/mol. The topological polar surface area (TPSA) is 76.5 Å². The first-order valence-corrected chi connectivity index (χ1v) is 9.98. The maximum absolute atomic E-state index is 13.2. The van der Waals surface area contributed by atoms with Crippen LogP contribution in [0.2, 0.25) is 0 Å².